The molecule has 0 saturated carbocycles. The lowest BCUT2D eigenvalue weighted by atomic mass is 9.82. The van der Waals surface area contributed by atoms with Crippen molar-refractivity contribution >= 4 is 51.8 Å². The minimum absolute atomic E-state index is 0.0649. The number of carbonyl (C=O) groups is 4. The fraction of sp³-hybridized carbons (Fsp3) is 0.625. The van der Waals surface area contributed by atoms with E-state index in [1.165, 1.54) is 22.7 Å². The number of nitrogens with zero attached hydrogens (tertiary/aromatic N) is 5. The molecule has 5 heterocycles. The monoisotopic (exact) mass is 1060 g/mol. The van der Waals surface area contributed by atoms with E-state index < -0.39 is 34.7 Å². The van der Waals surface area contributed by atoms with Gasteiger partial charge in [0.1, 0.15) is 35.4 Å². The van der Waals surface area contributed by atoms with Crippen LogP contribution in [0, 0.1) is 27.9 Å². The van der Waals surface area contributed by atoms with Gasteiger partial charge >= 0.3 is 0 Å². The zero-order chi connectivity index (χ0) is 54.2. The van der Waals surface area contributed by atoms with Crippen LogP contribution in [0.3, 0.4) is 0 Å². The van der Waals surface area contributed by atoms with Gasteiger partial charge in [-0.2, -0.15) is 0 Å². The number of likely N-dealkylation sites (tertiary alicyclic amines) is 3. The number of hydrogen-bond acceptors (Lipinski definition) is 12. The molecular weight excluding hydrogens is 975 g/mol. The molecule has 19 heteroatoms. The SMILES string of the molecule is CC1=C(c2ccc([C@H](C)NC(=O)[C@@H]3CCCN3C(=O)[C@@H](NC(=O)CCCCCCN/C(=C/C(=N)N3CCC4(CC3)CN(c3cc(F)c(CN5CCC(C)(C)CC5)cc3F)CC(=O)N4)NN)C(C)(C)C)cc2)SCN1C. The van der Waals surface area contributed by atoms with Crippen molar-refractivity contribution in [2.24, 2.45) is 16.7 Å². The summed E-state index contributed by atoms with van der Waals surface area (Å²) in [6, 6.07) is 9.20. The molecule has 2 aromatic rings. The van der Waals surface area contributed by atoms with Crippen LogP contribution in [0.5, 0.6) is 0 Å². The Morgan fingerprint density at radius 3 is 2.31 bits per heavy atom. The van der Waals surface area contributed by atoms with E-state index in [1.54, 1.807) is 15.9 Å². The van der Waals surface area contributed by atoms with Gasteiger partial charge in [0.15, 0.2) is 0 Å². The molecule has 3 atom stereocenters. The summed E-state index contributed by atoms with van der Waals surface area (Å²) < 4.78 is 31.2. The van der Waals surface area contributed by atoms with Gasteiger partial charge in [0.25, 0.3) is 0 Å². The minimum atomic E-state index is -0.788. The van der Waals surface area contributed by atoms with Crippen molar-refractivity contribution < 1.29 is 28.0 Å². The standard InChI is InChI=1S/C56H84F2N12O4S/c1-37(39-16-18-40(19-17-39)50-38(2)66(8)36-75-50)62-52(73)44-14-13-25-70(44)53(74)51(54(3,4)5)63-48(71)15-11-9-10-12-24-61-47(65-60)32-46(59)68-28-22-56(23-29-68)35-69(34-49(72)64-56)45-31-42(57)41(30-43(45)58)33-67-26-20-55(6,7)21-27-67/h16-19,30-32,37,44,51,59,61,65H,9-15,20-29,33-36,60H2,1-8H3,(H,62,73)(H,63,71)(H,64,72)/b47-32-,59-46?/t37-,44-,51+/m0/s1. The van der Waals surface area contributed by atoms with Gasteiger partial charge in [0.05, 0.1) is 29.7 Å². The lowest BCUT2D eigenvalue weighted by molar-refractivity contribution is -0.144. The lowest BCUT2D eigenvalue weighted by Gasteiger charge is -2.48. The summed E-state index contributed by atoms with van der Waals surface area (Å²) in [5, 5.41) is 21.4. The molecule has 0 radical (unpaired) electrons. The number of piperazine rings is 1. The second-order valence-corrected chi connectivity index (χ2v) is 24.4. The van der Waals surface area contributed by atoms with E-state index in [1.807, 2.05) is 44.4 Å². The Labute approximate surface area is 448 Å². The molecule has 4 amide bonds. The lowest BCUT2D eigenvalue weighted by Crippen LogP contribution is -2.66. The largest absolute Gasteiger partial charge is 0.371 e. The number of benzene rings is 2. The number of amides is 4. The molecule has 16 nitrogen and oxygen atoms in total. The Balaban J connectivity index is 0.807. The minimum Gasteiger partial charge on any atom is -0.371 e. The summed E-state index contributed by atoms with van der Waals surface area (Å²) in [5.74, 6) is 5.65. The Morgan fingerprint density at radius 1 is 0.960 bits per heavy atom. The fourth-order valence-electron chi connectivity index (χ4n) is 11.0. The first-order valence-electron chi connectivity index (χ1n) is 27.1. The van der Waals surface area contributed by atoms with Crippen LogP contribution in [-0.2, 0) is 25.7 Å². The number of unbranched alkanes of at least 4 members (excludes halogenated alkanes) is 3. The molecule has 4 fully saturated rings. The number of piperidine rings is 2. The summed E-state index contributed by atoms with van der Waals surface area (Å²) in [6.07, 6.45) is 9.31. The summed E-state index contributed by atoms with van der Waals surface area (Å²) in [5.41, 5.74) is 5.50. The van der Waals surface area contributed by atoms with Crippen LogP contribution in [0.15, 0.2) is 54.0 Å². The van der Waals surface area contributed by atoms with Crippen molar-refractivity contribution in [1.82, 2.24) is 46.3 Å². The number of amidine groups is 1. The van der Waals surface area contributed by atoms with Crippen LogP contribution in [0.2, 0.25) is 0 Å². The van der Waals surface area contributed by atoms with Crippen molar-refractivity contribution in [2.75, 3.05) is 70.2 Å². The quantitative estimate of drug-likeness (QED) is 0.0253. The Morgan fingerprint density at radius 2 is 1.65 bits per heavy atom. The molecule has 5 aliphatic rings. The van der Waals surface area contributed by atoms with Gasteiger partial charge in [0, 0.05) is 81.0 Å². The van der Waals surface area contributed by atoms with Crippen molar-refractivity contribution in [3.8, 4) is 0 Å². The van der Waals surface area contributed by atoms with Crippen molar-refractivity contribution in [1.29, 1.82) is 5.41 Å². The molecule has 1 spiro atoms. The predicted molar refractivity (Wildman–Crippen MR) is 295 cm³/mol. The molecular formula is C56H84F2N12O4S. The highest BCUT2D eigenvalue weighted by molar-refractivity contribution is 8.08. The van der Waals surface area contributed by atoms with Gasteiger partial charge in [-0.3, -0.25) is 29.5 Å². The number of allylic oxidation sites excluding steroid dienone is 1. The van der Waals surface area contributed by atoms with E-state index in [0.29, 0.717) is 82.8 Å². The summed E-state index contributed by atoms with van der Waals surface area (Å²) in [7, 11) is 2.09. The summed E-state index contributed by atoms with van der Waals surface area (Å²) in [4.78, 5) is 65.1. The van der Waals surface area contributed by atoms with Crippen molar-refractivity contribution in [2.45, 2.75) is 149 Å². The average Bonchev–Trinajstić information content (AvgIpc) is 3.99. The van der Waals surface area contributed by atoms with Crippen LogP contribution >= 0.6 is 11.8 Å². The highest BCUT2D eigenvalue weighted by Crippen LogP contribution is 2.39. The van der Waals surface area contributed by atoms with Crippen LogP contribution in [0.4, 0.5) is 14.5 Å². The second-order valence-electron chi connectivity index (χ2n) is 23.5. The maximum absolute atomic E-state index is 15.7. The number of nitrogens with two attached hydrogens (primary N) is 1. The third kappa shape index (κ3) is 14.8. The first-order valence-corrected chi connectivity index (χ1v) is 28.1. The van der Waals surface area contributed by atoms with Gasteiger partial charge in [0.2, 0.25) is 23.6 Å². The van der Waals surface area contributed by atoms with E-state index in [4.69, 9.17) is 11.3 Å². The number of carbonyl (C=O) groups excluding carboxylic acids is 4. The maximum atomic E-state index is 15.7. The average molecular weight is 1060 g/mol. The fourth-order valence-corrected chi connectivity index (χ4v) is 12.1. The number of anilines is 1. The van der Waals surface area contributed by atoms with Crippen LogP contribution in [0.1, 0.15) is 142 Å². The van der Waals surface area contributed by atoms with Gasteiger partial charge in [-0.15, -0.1) is 11.8 Å². The topological polar surface area (TPSA) is 195 Å². The highest BCUT2D eigenvalue weighted by Gasteiger charge is 2.44. The van der Waals surface area contributed by atoms with Gasteiger partial charge in [-0.1, -0.05) is 71.7 Å². The second kappa shape index (κ2) is 24.7. The van der Waals surface area contributed by atoms with Crippen LogP contribution < -0.4 is 37.4 Å². The van der Waals surface area contributed by atoms with Gasteiger partial charge in [-0.05, 0) is 106 Å². The first kappa shape index (κ1) is 57.3. The molecule has 2 aromatic carbocycles. The Kier molecular flexibility index (Phi) is 18.9. The van der Waals surface area contributed by atoms with Gasteiger partial charge < -0.3 is 46.3 Å². The molecule has 75 heavy (non-hydrogen) atoms. The van der Waals surface area contributed by atoms with E-state index in [2.05, 4.69) is 88.6 Å². The number of rotatable bonds is 19. The smallest absolute Gasteiger partial charge is 0.246 e. The highest BCUT2D eigenvalue weighted by atomic mass is 32.2. The molecule has 0 aliphatic carbocycles. The molecule has 0 unspecified atom stereocenters. The molecule has 412 valence electrons. The normalized spacial score (nSPS) is 21.0. The van der Waals surface area contributed by atoms with E-state index >= 15 is 8.78 Å². The third-order valence-electron chi connectivity index (χ3n) is 16.0. The first-order chi connectivity index (χ1) is 35.5. The Bertz CT molecular complexity index is 2440. The molecule has 0 aromatic heterocycles. The van der Waals surface area contributed by atoms with Crippen LogP contribution in [-0.4, -0.2) is 132 Å². The number of nitrogens with one attached hydrogen (secondary N) is 6. The summed E-state index contributed by atoms with van der Waals surface area (Å²) in [6.45, 7) is 18.6. The van der Waals surface area contributed by atoms with Crippen molar-refractivity contribution in [3.63, 3.8) is 0 Å². The van der Waals surface area contributed by atoms with E-state index in [-0.39, 0.29) is 59.6 Å². The maximum Gasteiger partial charge on any atom is 0.246 e. The molecule has 4 saturated heterocycles. The molecule has 7 rings (SSSR count). The third-order valence-corrected chi connectivity index (χ3v) is 17.4. The number of thioether (sulfide) groups is 1. The zero-order valence-electron chi connectivity index (χ0n) is 45.7. The molecule has 8 N–H and O–H groups in total. The van der Waals surface area contributed by atoms with Gasteiger partial charge in [-0.25, -0.2) is 14.6 Å². The number of hydrazine groups is 1. The summed E-state index contributed by atoms with van der Waals surface area (Å²) >= 11 is 1.82. The van der Waals surface area contributed by atoms with E-state index in [0.717, 1.165) is 62.2 Å². The zero-order valence-corrected chi connectivity index (χ0v) is 46.5. The van der Waals surface area contributed by atoms with E-state index in [9.17, 15) is 19.2 Å². The molecule has 0 bridgehead atoms. The Hall–Kier alpha value is -5.40. The van der Waals surface area contributed by atoms with Crippen LogP contribution in [0.25, 0.3) is 4.91 Å². The predicted octanol–water partition coefficient (Wildman–Crippen LogP) is 6.90. The number of halogens is 2. The van der Waals surface area contributed by atoms with Crippen molar-refractivity contribution in [3.05, 3.63) is 82.3 Å². The molecule has 5 aliphatic heterocycles. The number of hydrogen-bond donors (Lipinski definition) is 7.